The number of ether oxygens (including phenoxy) is 1. The fraction of sp³-hybridized carbons (Fsp3) is 0.500. The molecular formula is C18H26O2. The van der Waals surface area contributed by atoms with Crippen LogP contribution in [0.5, 0.6) is 0 Å². The zero-order valence-electron chi connectivity index (χ0n) is 12.7. The van der Waals surface area contributed by atoms with Crippen LogP contribution in [-0.2, 0) is 4.74 Å². The summed E-state index contributed by atoms with van der Waals surface area (Å²) in [5.74, 6) is 0.319. The maximum Gasteiger partial charge on any atom is 0.338 e. The predicted molar refractivity (Wildman–Crippen MR) is 83.8 cm³/mol. The largest absolute Gasteiger partial charge is 0.462 e. The fourth-order valence-corrected chi connectivity index (χ4v) is 2.45. The van der Waals surface area contributed by atoms with Crippen LogP contribution in [0.25, 0.3) is 0 Å². The van der Waals surface area contributed by atoms with Crippen molar-refractivity contribution in [3.63, 3.8) is 0 Å². The molecule has 2 nitrogen and oxygen atoms in total. The molecule has 0 radical (unpaired) electrons. The van der Waals surface area contributed by atoms with Crippen LogP contribution in [0.15, 0.2) is 42.5 Å². The lowest BCUT2D eigenvalue weighted by atomic mass is 9.83. The van der Waals surface area contributed by atoms with E-state index < -0.39 is 0 Å². The second-order valence-electron chi connectivity index (χ2n) is 4.89. The molecule has 2 heteroatoms. The minimum atomic E-state index is -0.225. The number of allylic oxidation sites excluding steroid dienone is 1. The summed E-state index contributed by atoms with van der Waals surface area (Å²) in [6, 6.07) is 9.14. The third-order valence-electron chi connectivity index (χ3n) is 3.59. The first-order valence-electron chi connectivity index (χ1n) is 7.67. The normalized spacial score (nSPS) is 17.9. The topological polar surface area (TPSA) is 26.3 Å². The number of benzene rings is 1. The monoisotopic (exact) mass is 274 g/mol. The summed E-state index contributed by atoms with van der Waals surface area (Å²) in [6.45, 7) is 8.61. The molecule has 1 atom stereocenters. The minimum absolute atomic E-state index is 0.225. The van der Waals surface area contributed by atoms with E-state index in [2.05, 4.69) is 6.58 Å². The molecule has 0 spiro atoms. The minimum Gasteiger partial charge on any atom is -0.462 e. The molecule has 2 rings (SSSR count). The van der Waals surface area contributed by atoms with E-state index >= 15 is 0 Å². The van der Waals surface area contributed by atoms with Crippen molar-refractivity contribution in [2.24, 2.45) is 5.92 Å². The van der Waals surface area contributed by atoms with Crippen LogP contribution in [0, 0.1) is 5.92 Å². The van der Waals surface area contributed by atoms with E-state index in [4.69, 9.17) is 4.74 Å². The molecule has 1 aliphatic carbocycles. The van der Waals surface area contributed by atoms with E-state index in [0.29, 0.717) is 18.1 Å². The van der Waals surface area contributed by atoms with Crippen molar-refractivity contribution < 1.29 is 9.53 Å². The highest BCUT2D eigenvalue weighted by atomic mass is 16.5. The van der Waals surface area contributed by atoms with Gasteiger partial charge in [-0.05, 0) is 43.7 Å². The van der Waals surface area contributed by atoms with Crippen LogP contribution in [0.2, 0.25) is 0 Å². The van der Waals surface area contributed by atoms with Gasteiger partial charge < -0.3 is 4.74 Å². The Kier molecular flexibility index (Phi) is 7.71. The van der Waals surface area contributed by atoms with Crippen molar-refractivity contribution in [3.8, 4) is 0 Å². The number of rotatable bonds is 4. The molecule has 1 aromatic rings. The summed E-state index contributed by atoms with van der Waals surface area (Å²) in [6.07, 6.45) is 5.78. The van der Waals surface area contributed by atoms with E-state index in [0.717, 1.165) is 12.8 Å². The highest BCUT2D eigenvalue weighted by Gasteiger charge is 2.17. The van der Waals surface area contributed by atoms with Gasteiger partial charge in [0.05, 0.1) is 12.2 Å². The lowest BCUT2D eigenvalue weighted by molar-refractivity contribution is 0.0484. The SMILES string of the molecule is C=C1CCCCC1CCOC(=O)c1ccccc1.CC. The molecule has 0 saturated heterocycles. The lowest BCUT2D eigenvalue weighted by Gasteiger charge is -2.24. The number of hydrogen-bond donors (Lipinski definition) is 0. The second-order valence-corrected chi connectivity index (χ2v) is 4.89. The Labute approximate surface area is 122 Å². The Hall–Kier alpha value is -1.57. The number of carbonyl (C=O) groups is 1. The summed E-state index contributed by atoms with van der Waals surface area (Å²) in [5, 5.41) is 0. The second kappa shape index (κ2) is 9.35. The molecule has 110 valence electrons. The van der Waals surface area contributed by atoms with Crippen molar-refractivity contribution >= 4 is 5.97 Å². The quantitative estimate of drug-likeness (QED) is 0.570. The van der Waals surface area contributed by atoms with Crippen LogP contribution in [0.1, 0.15) is 56.3 Å². The van der Waals surface area contributed by atoms with Gasteiger partial charge >= 0.3 is 5.97 Å². The van der Waals surface area contributed by atoms with Crippen molar-refractivity contribution in [2.75, 3.05) is 6.61 Å². The van der Waals surface area contributed by atoms with E-state index in [-0.39, 0.29) is 5.97 Å². The third-order valence-corrected chi connectivity index (χ3v) is 3.59. The molecule has 20 heavy (non-hydrogen) atoms. The van der Waals surface area contributed by atoms with Crippen molar-refractivity contribution in [1.29, 1.82) is 0 Å². The predicted octanol–water partition coefficient (Wildman–Crippen LogP) is 5.01. The molecule has 1 unspecified atom stereocenters. The first-order valence-corrected chi connectivity index (χ1v) is 7.67. The Morgan fingerprint density at radius 2 is 1.95 bits per heavy atom. The van der Waals surface area contributed by atoms with Gasteiger partial charge in [-0.2, -0.15) is 0 Å². The maximum atomic E-state index is 11.7. The molecule has 0 heterocycles. The van der Waals surface area contributed by atoms with Crippen LogP contribution in [-0.4, -0.2) is 12.6 Å². The first kappa shape index (κ1) is 16.5. The van der Waals surface area contributed by atoms with Crippen molar-refractivity contribution in [3.05, 3.63) is 48.0 Å². The maximum absolute atomic E-state index is 11.7. The van der Waals surface area contributed by atoms with Gasteiger partial charge in [-0.15, -0.1) is 0 Å². The van der Waals surface area contributed by atoms with E-state index in [9.17, 15) is 4.79 Å². The number of esters is 1. The zero-order valence-corrected chi connectivity index (χ0v) is 12.7. The Bertz CT molecular complexity index is 409. The highest BCUT2D eigenvalue weighted by molar-refractivity contribution is 5.89. The summed E-state index contributed by atoms with van der Waals surface area (Å²) in [4.78, 5) is 11.7. The zero-order chi connectivity index (χ0) is 14.8. The van der Waals surface area contributed by atoms with Crippen molar-refractivity contribution in [2.45, 2.75) is 46.0 Å². The van der Waals surface area contributed by atoms with Crippen LogP contribution < -0.4 is 0 Å². The third kappa shape index (κ3) is 5.20. The van der Waals surface area contributed by atoms with E-state index in [1.54, 1.807) is 12.1 Å². The standard InChI is InChI=1S/C16H20O2.C2H6/c1-13-7-5-6-8-14(13)11-12-18-16(17)15-9-3-2-4-10-15;1-2/h2-4,9-10,14H,1,5-8,11-12H2;1-2H3. The van der Waals surface area contributed by atoms with Gasteiger partial charge in [0, 0.05) is 0 Å². The smallest absolute Gasteiger partial charge is 0.338 e. The molecule has 1 aliphatic rings. The molecule has 0 N–H and O–H groups in total. The van der Waals surface area contributed by atoms with E-state index in [1.165, 1.54) is 24.8 Å². The van der Waals surface area contributed by atoms with Crippen LogP contribution in [0.3, 0.4) is 0 Å². The molecule has 0 aliphatic heterocycles. The average Bonchev–Trinajstić information content (AvgIpc) is 2.52. The molecular weight excluding hydrogens is 248 g/mol. The van der Waals surface area contributed by atoms with Gasteiger partial charge in [0.2, 0.25) is 0 Å². The van der Waals surface area contributed by atoms with Gasteiger partial charge in [-0.3, -0.25) is 0 Å². The molecule has 0 bridgehead atoms. The van der Waals surface area contributed by atoms with E-state index in [1.807, 2.05) is 32.0 Å². The first-order chi connectivity index (χ1) is 9.77. The Morgan fingerprint density at radius 3 is 2.60 bits per heavy atom. The van der Waals surface area contributed by atoms with Gasteiger partial charge in [0.1, 0.15) is 0 Å². The average molecular weight is 274 g/mol. The summed E-state index contributed by atoms with van der Waals surface area (Å²) in [7, 11) is 0. The van der Waals surface area contributed by atoms with Crippen LogP contribution in [0.4, 0.5) is 0 Å². The molecule has 1 fully saturated rings. The van der Waals surface area contributed by atoms with Crippen LogP contribution >= 0.6 is 0 Å². The van der Waals surface area contributed by atoms with Gasteiger partial charge in [-0.25, -0.2) is 4.79 Å². The van der Waals surface area contributed by atoms with Gasteiger partial charge in [0.25, 0.3) is 0 Å². The van der Waals surface area contributed by atoms with Gasteiger partial charge in [-0.1, -0.05) is 50.6 Å². The highest BCUT2D eigenvalue weighted by Crippen LogP contribution is 2.30. The van der Waals surface area contributed by atoms with Crippen molar-refractivity contribution in [1.82, 2.24) is 0 Å². The fourth-order valence-electron chi connectivity index (χ4n) is 2.45. The molecule has 0 amide bonds. The number of hydrogen-bond acceptors (Lipinski definition) is 2. The number of carbonyl (C=O) groups excluding carboxylic acids is 1. The summed E-state index contributed by atoms with van der Waals surface area (Å²) < 4.78 is 5.30. The molecule has 1 saturated carbocycles. The summed E-state index contributed by atoms with van der Waals surface area (Å²) in [5.41, 5.74) is 1.96. The van der Waals surface area contributed by atoms with Gasteiger partial charge in [0.15, 0.2) is 0 Å². The summed E-state index contributed by atoms with van der Waals surface area (Å²) >= 11 is 0. The molecule has 0 aromatic heterocycles. The Morgan fingerprint density at radius 1 is 1.25 bits per heavy atom. The molecule has 1 aromatic carbocycles. The Balaban J connectivity index is 0.000000956. The lowest BCUT2D eigenvalue weighted by Crippen LogP contribution is -2.14.